The van der Waals surface area contributed by atoms with Crippen LogP contribution in [0.3, 0.4) is 0 Å². The van der Waals surface area contributed by atoms with Gasteiger partial charge in [-0.3, -0.25) is 4.79 Å². The van der Waals surface area contributed by atoms with Crippen LogP contribution < -0.4 is 5.32 Å². The van der Waals surface area contributed by atoms with E-state index in [0.717, 1.165) is 14.6 Å². The number of anilines is 1. The van der Waals surface area contributed by atoms with Gasteiger partial charge in [-0.1, -0.05) is 36.0 Å². The van der Waals surface area contributed by atoms with Crippen molar-refractivity contribution in [1.29, 1.82) is 0 Å². The first kappa shape index (κ1) is 15.1. The highest BCUT2D eigenvalue weighted by Crippen LogP contribution is 2.33. The lowest BCUT2D eigenvalue weighted by molar-refractivity contribution is -0.115. The maximum atomic E-state index is 12.3. The molecular formula is C15H15N3O2S2. The predicted octanol–water partition coefficient (Wildman–Crippen LogP) is 4.10. The molecule has 0 aliphatic rings. The second kappa shape index (κ2) is 6.50. The third kappa shape index (κ3) is 3.31. The van der Waals surface area contributed by atoms with Gasteiger partial charge in [0.1, 0.15) is 5.76 Å². The van der Waals surface area contributed by atoms with Crippen molar-refractivity contribution in [1.82, 2.24) is 10.1 Å². The minimum Gasteiger partial charge on any atom is -0.360 e. The van der Waals surface area contributed by atoms with Crippen LogP contribution in [0.2, 0.25) is 0 Å². The Bertz CT molecular complexity index is 764. The number of nitrogens with one attached hydrogen (secondary N) is 1. The van der Waals surface area contributed by atoms with Gasteiger partial charge in [0, 0.05) is 6.07 Å². The Labute approximate surface area is 136 Å². The van der Waals surface area contributed by atoms with E-state index in [1.54, 1.807) is 24.3 Å². The van der Waals surface area contributed by atoms with Crippen molar-refractivity contribution in [3.63, 3.8) is 0 Å². The smallest absolute Gasteiger partial charge is 0.239 e. The van der Waals surface area contributed by atoms with Crippen LogP contribution in [0.1, 0.15) is 19.1 Å². The fourth-order valence-corrected chi connectivity index (χ4v) is 4.21. The van der Waals surface area contributed by atoms with Gasteiger partial charge in [0.25, 0.3) is 0 Å². The summed E-state index contributed by atoms with van der Waals surface area (Å²) < 4.78 is 6.99. The maximum Gasteiger partial charge on any atom is 0.239 e. The number of fused-ring (bicyclic) bond motifs is 1. The number of hydrogen-bond acceptors (Lipinski definition) is 6. The van der Waals surface area contributed by atoms with E-state index < -0.39 is 0 Å². The fourth-order valence-electron chi connectivity index (χ4n) is 1.98. The number of benzene rings is 1. The molecule has 2 heterocycles. The first-order chi connectivity index (χ1) is 10.7. The third-order valence-corrected chi connectivity index (χ3v) is 5.55. The summed E-state index contributed by atoms with van der Waals surface area (Å²) in [6.45, 7) is 3.77. The molecule has 0 unspecified atom stereocenters. The van der Waals surface area contributed by atoms with Crippen molar-refractivity contribution < 1.29 is 9.32 Å². The topological polar surface area (TPSA) is 68.0 Å². The number of aromatic nitrogens is 2. The molecule has 0 aliphatic carbocycles. The molecule has 5 nitrogen and oxygen atoms in total. The number of nitrogens with zero attached hydrogens (tertiary/aromatic N) is 2. The Morgan fingerprint density at radius 1 is 1.45 bits per heavy atom. The summed E-state index contributed by atoms with van der Waals surface area (Å²) in [4.78, 5) is 16.9. The average Bonchev–Trinajstić information content (AvgIpc) is 3.10. The van der Waals surface area contributed by atoms with Crippen LogP contribution in [0.5, 0.6) is 0 Å². The van der Waals surface area contributed by atoms with Crippen molar-refractivity contribution in [2.45, 2.75) is 29.9 Å². The van der Waals surface area contributed by atoms with Crippen LogP contribution in [-0.2, 0) is 4.79 Å². The van der Waals surface area contributed by atoms with E-state index >= 15 is 0 Å². The SMILES string of the molecule is CC[C@H](Sc1nc2ccccc2s1)C(=O)Nc1cc(C)on1. The molecular weight excluding hydrogens is 318 g/mol. The summed E-state index contributed by atoms with van der Waals surface area (Å²) in [7, 11) is 0. The second-order valence-corrected chi connectivity index (χ2v) is 7.25. The molecule has 0 spiro atoms. The van der Waals surface area contributed by atoms with Gasteiger partial charge < -0.3 is 9.84 Å². The van der Waals surface area contributed by atoms with Crippen LogP contribution in [0.4, 0.5) is 5.82 Å². The molecule has 3 aromatic rings. The minimum absolute atomic E-state index is 0.0833. The van der Waals surface area contributed by atoms with E-state index in [2.05, 4.69) is 15.5 Å². The zero-order chi connectivity index (χ0) is 15.5. The van der Waals surface area contributed by atoms with Crippen molar-refractivity contribution in [2.24, 2.45) is 0 Å². The van der Waals surface area contributed by atoms with Gasteiger partial charge in [0.15, 0.2) is 10.2 Å². The Hall–Kier alpha value is -1.86. The zero-order valence-corrected chi connectivity index (χ0v) is 13.8. The molecule has 7 heteroatoms. The molecule has 1 N–H and O–H groups in total. The lowest BCUT2D eigenvalue weighted by Gasteiger charge is -2.11. The summed E-state index contributed by atoms with van der Waals surface area (Å²) in [5.41, 5.74) is 0.970. The van der Waals surface area contributed by atoms with Gasteiger partial charge in [-0.05, 0) is 25.5 Å². The molecule has 0 saturated carbocycles. The number of thiazole rings is 1. The van der Waals surface area contributed by atoms with Crippen molar-refractivity contribution in [2.75, 3.05) is 5.32 Å². The minimum atomic E-state index is -0.211. The molecule has 1 atom stereocenters. The standard InChI is InChI=1S/C15H15N3O2S2/c1-3-11(14(19)17-13-8-9(2)20-18-13)21-15-16-10-6-4-5-7-12(10)22-15/h4-8,11H,3H2,1-2H3,(H,17,18,19)/t11-/m0/s1. The largest absolute Gasteiger partial charge is 0.360 e. The molecule has 1 amide bonds. The normalized spacial score (nSPS) is 12.5. The summed E-state index contributed by atoms with van der Waals surface area (Å²) in [5, 5.41) is 6.35. The van der Waals surface area contributed by atoms with E-state index in [1.807, 2.05) is 31.2 Å². The predicted molar refractivity (Wildman–Crippen MR) is 89.4 cm³/mol. The number of hydrogen-bond donors (Lipinski definition) is 1. The van der Waals surface area contributed by atoms with Crippen LogP contribution in [0, 0.1) is 6.92 Å². The second-order valence-electron chi connectivity index (χ2n) is 4.77. The quantitative estimate of drug-likeness (QED) is 0.712. The molecule has 0 saturated heterocycles. The van der Waals surface area contributed by atoms with Gasteiger partial charge >= 0.3 is 0 Å². The Kier molecular flexibility index (Phi) is 4.44. The summed E-state index contributed by atoms with van der Waals surface area (Å²) in [5.74, 6) is 1.04. The molecule has 114 valence electrons. The van der Waals surface area contributed by atoms with Crippen LogP contribution in [-0.4, -0.2) is 21.3 Å². The van der Waals surface area contributed by atoms with Gasteiger partial charge in [-0.15, -0.1) is 11.3 Å². The van der Waals surface area contributed by atoms with E-state index in [4.69, 9.17) is 4.52 Å². The number of amides is 1. The number of aryl methyl sites for hydroxylation is 1. The third-order valence-electron chi connectivity index (χ3n) is 3.06. The first-order valence-corrected chi connectivity index (χ1v) is 8.61. The monoisotopic (exact) mass is 333 g/mol. The van der Waals surface area contributed by atoms with Crippen LogP contribution in [0.15, 0.2) is 39.2 Å². The Morgan fingerprint density at radius 3 is 2.95 bits per heavy atom. The lowest BCUT2D eigenvalue weighted by Crippen LogP contribution is -2.24. The summed E-state index contributed by atoms with van der Waals surface area (Å²) >= 11 is 3.09. The number of para-hydroxylation sites is 1. The lowest BCUT2D eigenvalue weighted by atomic mass is 10.3. The van der Waals surface area contributed by atoms with E-state index in [1.165, 1.54) is 11.8 Å². The molecule has 22 heavy (non-hydrogen) atoms. The first-order valence-electron chi connectivity index (χ1n) is 6.92. The van der Waals surface area contributed by atoms with Gasteiger partial charge in [0.2, 0.25) is 5.91 Å². The highest BCUT2D eigenvalue weighted by molar-refractivity contribution is 8.02. The molecule has 3 rings (SSSR count). The number of rotatable bonds is 5. The zero-order valence-electron chi connectivity index (χ0n) is 12.2. The van der Waals surface area contributed by atoms with E-state index in [9.17, 15) is 4.79 Å². The van der Waals surface area contributed by atoms with Gasteiger partial charge in [-0.2, -0.15) is 0 Å². The van der Waals surface area contributed by atoms with Gasteiger partial charge in [0.05, 0.1) is 15.5 Å². The van der Waals surface area contributed by atoms with Crippen molar-refractivity contribution in [3.8, 4) is 0 Å². The van der Waals surface area contributed by atoms with E-state index in [-0.39, 0.29) is 11.2 Å². The van der Waals surface area contributed by atoms with E-state index in [0.29, 0.717) is 18.0 Å². The molecule has 0 fully saturated rings. The van der Waals surface area contributed by atoms with Crippen LogP contribution >= 0.6 is 23.1 Å². The fraction of sp³-hybridized carbons (Fsp3) is 0.267. The van der Waals surface area contributed by atoms with Crippen molar-refractivity contribution in [3.05, 3.63) is 36.1 Å². The number of thioether (sulfide) groups is 1. The summed E-state index contributed by atoms with van der Waals surface area (Å²) in [6.07, 6.45) is 0.712. The number of carbonyl (C=O) groups is 1. The molecule has 1 aromatic carbocycles. The Balaban J connectivity index is 1.71. The maximum absolute atomic E-state index is 12.3. The molecule has 0 aliphatic heterocycles. The van der Waals surface area contributed by atoms with Crippen LogP contribution in [0.25, 0.3) is 10.2 Å². The molecule has 2 aromatic heterocycles. The highest BCUT2D eigenvalue weighted by Gasteiger charge is 2.21. The van der Waals surface area contributed by atoms with Crippen molar-refractivity contribution >= 4 is 45.0 Å². The van der Waals surface area contributed by atoms with Gasteiger partial charge in [-0.25, -0.2) is 4.98 Å². The number of carbonyl (C=O) groups excluding carboxylic acids is 1. The molecule has 0 radical (unpaired) electrons. The molecule has 0 bridgehead atoms. The summed E-state index contributed by atoms with van der Waals surface area (Å²) in [6, 6.07) is 9.68. The average molecular weight is 333 g/mol. The Morgan fingerprint density at radius 2 is 2.27 bits per heavy atom. The highest BCUT2D eigenvalue weighted by atomic mass is 32.2.